The van der Waals surface area contributed by atoms with Crippen LogP contribution in [0, 0.1) is 12.8 Å². The lowest BCUT2D eigenvalue weighted by Gasteiger charge is -2.31. The molecule has 21 heavy (non-hydrogen) atoms. The second-order valence-corrected chi connectivity index (χ2v) is 5.47. The fraction of sp³-hybridized carbons (Fsp3) is 0.467. The average molecular weight is 285 g/mol. The molecule has 6 heteroatoms. The molecule has 0 atom stereocenters. The molecule has 0 saturated carbocycles. The third kappa shape index (κ3) is 3.26. The van der Waals surface area contributed by atoms with Crippen molar-refractivity contribution in [2.24, 2.45) is 5.92 Å². The Kier molecular flexibility index (Phi) is 3.94. The van der Waals surface area contributed by atoms with Crippen LogP contribution in [0.1, 0.15) is 18.5 Å². The van der Waals surface area contributed by atoms with Crippen LogP contribution in [0.25, 0.3) is 0 Å². The molecule has 3 rings (SSSR count). The first kappa shape index (κ1) is 13.7. The summed E-state index contributed by atoms with van der Waals surface area (Å²) in [7, 11) is 0. The van der Waals surface area contributed by atoms with Crippen molar-refractivity contribution in [2.75, 3.05) is 18.0 Å². The minimum Gasteiger partial charge on any atom is -0.341 e. The van der Waals surface area contributed by atoms with Crippen molar-refractivity contribution < 1.29 is 0 Å². The standard InChI is InChI=1S/C15H19N5O/c1-12-3-4-14(21)20(18-12)11-13-5-9-19(10-6-13)15-16-7-2-8-17-15/h2-4,7-8,13H,5-6,9-11H2,1H3. The van der Waals surface area contributed by atoms with Gasteiger partial charge in [0.1, 0.15) is 0 Å². The van der Waals surface area contributed by atoms with E-state index in [9.17, 15) is 4.79 Å². The minimum absolute atomic E-state index is 0.0191. The number of piperidine rings is 1. The molecule has 0 radical (unpaired) electrons. The maximum atomic E-state index is 11.8. The Balaban J connectivity index is 1.61. The van der Waals surface area contributed by atoms with Crippen LogP contribution in [0.5, 0.6) is 0 Å². The van der Waals surface area contributed by atoms with Gasteiger partial charge in [-0.25, -0.2) is 14.6 Å². The molecule has 3 heterocycles. The van der Waals surface area contributed by atoms with Crippen LogP contribution in [0.15, 0.2) is 35.4 Å². The SMILES string of the molecule is Cc1ccc(=O)n(CC2CCN(c3ncccn3)CC2)n1. The molecule has 0 aromatic carbocycles. The molecular weight excluding hydrogens is 266 g/mol. The average Bonchev–Trinajstić information content (AvgIpc) is 2.53. The summed E-state index contributed by atoms with van der Waals surface area (Å²) >= 11 is 0. The highest BCUT2D eigenvalue weighted by molar-refractivity contribution is 5.28. The van der Waals surface area contributed by atoms with Gasteiger partial charge in [-0.05, 0) is 37.8 Å². The van der Waals surface area contributed by atoms with Crippen LogP contribution < -0.4 is 10.5 Å². The molecule has 0 unspecified atom stereocenters. The summed E-state index contributed by atoms with van der Waals surface area (Å²) in [4.78, 5) is 22.6. The van der Waals surface area contributed by atoms with Crippen molar-refractivity contribution in [1.82, 2.24) is 19.7 Å². The van der Waals surface area contributed by atoms with E-state index in [4.69, 9.17) is 0 Å². The molecular formula is C15H19N5O. The van der Waals surface area contributed by atoms with Crippen LogP contribution >= 0.6 is 0 Å². The molecule has 1 saturated heterocycles. The van der Waals surface area contributed by atoms with Crippen molar-refractivity contribution >= 4 is 5.95 Å². The van der Waals surface area contributed by atoms with E-state index in [0.717, 1.165) is 37.6 Å². The van der Waals surface area contributed by atoms with Crippen molar-refractivity contribution in [2.45, 2.75) is 26.3 Å². The normalized spacial score (nSPS) is 16.1. The Labute approximate surface area is 123 Å². The summed E-state index contributed by atoms with van der Waals surface area (Å²) in [6.07, 6.45) is 5.59. The zero-order valence-corrected chi connectivity index (χ0v) is 12.1. The van der Waals surface area contributed by atoms with Gasteiger partial charge in [0.25, 0.3) is 5.56 Å². The third-order valence-electron chi connectivity index (χ3n) is 3.88. The minimum atomic E-state index is -0.0191. The highest BCUT2D eigenvalue weighted by Gasteiger charge is 2.21. The molecule has 0 N–H and O–H groups in total. The summed E-state index contributed by atoms with van der Waals surface area (Å²) in [5.41, 5.74) is 0.860. The second-order valence-electron chi connectivity index (χ2n) is 5.47. The Bertz CT molecular complexity index is 647. The summed E-state index contributed by atoms with van der Waals surface area (Å²) in [5, 5.41) is 4.31. The Morgan fingerprint density at radius 2 is 1.90 bits per heavy atom. The first-order chi connectivity index (χ1) is 10.2. The van der Waals surface area contributed by atoms with Gasteiger partial charge in [0.2, 0.25) is 5.95 Å². The number of rotatable bonds is 3. The van der Waals surface area contributed by atoms with Gasteiger partial charge in [-0.3, -0.25) is 4.79 Å². The van der Waals surface area contributed by atoms with Crippen molar-refractivity contribution in [3.8, 4) is 0 Å². The van der Waals surface area contributed by atoms with Gasteiger partial charge >= 0.3 is 0 Å². The summed E-state index contributed by atoms with van der Waals surface area (Å²) < 4.78 is 1.59. The number of aromatic nitrogens is 4. The highest BCUT2D eigenvalue weighted by Crippen LogP contribution is 2.21. The van der Waals surface area contributed by atoms with Crippen LogP contribution in [0.2, 0.25) is 0 Å². The lowest BCUT2D eigenvalue weighted by molar-refractivity contribution is 0.332. The predicted octanol–water partition coefficient (Wildman–Crippen LogP) is 1.26. The lowest BCUT2D eigenvalue weighted by Crippen LogP contribution is -2.37. The Morgan fingerprint density at radius 1 is 1.19 bits per heavy atom. The highest BCUT2D eigenvalue weighted by atomic mass is 16.1. The quantitative estimate of drug-likeness (QED) is 0.849. The largest absolute Gasteiger partial charge is 0.341 e. The number of hydrogen-bond acceptors (Lipinski definition) is 5. The monoisotopic (exact) mass is 285 g/mol. The number of aryl methyl sites for hydroxylation is 1. The fourth-order valence-electron chi connectivity index (χ4n) is 2.70. The molecule has 0 amide bonds. The molecule has 1 aliphatic heterocycles. The van der Waals surface area contributed by atoms with Crippen LogP contribution in [-0.2, 0) is 6.54 Å². The van der Waals surface area contributed by atoms with Gasteiger partial charge in [0.15, 0.2) is 0 Å². The Hall–Kier alpha value is -2.24. The van der Waals surface area contributed by atoms with Crippen LogP contribution in [0.4, 0.5) is 5.95 Å². The molecule has 110 valence electrons. The fourth-order valence-corrected chi connectivity index (χ4v) is 2.70. The van der Waals surface area contributed by atoms with Gasteiger partial charge in [0, 0.05) is 38.1 Å². The van der Waals surface area contributed by atoms with Gasteiger partial charge in [-0.1, -0.05) is 0 Å². The number of anilines is 1. The van der Waals surface area contributed by atoms with Gasteiger partial charge in [-0.2, -0.15) is 5.10 Å². The predicted molar refractivity (Wildman–Crippen MR) is 80.2 cm³/mol. The lowest BCUT2D eigenvalue weighted by atomic mass is 9.97. The van der Waals surface area contributed by atoms with E-state index in [1.165, 1.54) is 0 Å². The molecule has 2 aromatic heterocycles. The van der Waals surface area contributed by atoms with Gasteiger partial charge < -0.3 is 4.90 Å². The zero-order valence-electron chi connectivity index (χ0n) is 12.1. The molecule has 0 bridgehead atoms. The maximum absolute atomic E-state index is 11.8. The van der Waals surface area contributed by atoms with Crippen LogP contribution in [-0.4, -0.2) is 32.8 Å². The van der Waals surface area contributed by atoms with E-state index in [1.807, 2.05) is 13.0 Å². The number of nitrogens with zero attached hydrogens (tertiary/aromatic N) is 5. The second kappa shape index (κ2) is 6.03. The molecule has 1 fully saturated rings. The smallest absolute Gasteiger partial charge is 0.266 e. The molecule has 0 spiro atoms. The zero-order chi connectivity index (χ0) is 14.7. The third-order valence-corrected chi connectivity index (χ3v) is 3.88. The maximum Gasteiger partial charge on any atom is 0.266 e. The summed E-state index contributed by atoms with van der Waals surface area (Å²) in [6, 6.07) is 5.18. The number of hydrogen-bond donors (Lipinski definition) is 0. The summed E-state index contributed by atoms with van der Waals surface area (Å²) in [6.45, 7) is 4.46. The molecule has 1 aliphatic rings. The van der Waals surface area contributed by atoms with Gasteiger partial charge in [0.05, 0.1) is 5.69 Å². The first-order valence-corrected chi connectivity index (χ1v) is 7.29. The van der Waals surface area contributed by atoms with Crippen LogP contribution in [0.3, 0.4) is 0 Å². The Morgan fingerprint density at radius 3 is 2.62 bits per heavy atom. The van der Waals surface area contributed by atoms with E-state index in [0.29, 0.717) is 12.5 Å². The van der Waals surface area contributed by atoms with E-state index in [2.05, 4.69) is 20.0 Å². The molecule has 2 aromatic rings. The van der Waals surface area contributed by atoms with Gasteiger partial charge in [-0.15, -0.1) is 0 Å². The first-order valence-electron chi connectivity index (χ1n) is 7.29. The molecule has 6 nitrogen and oxygen atoms in total. The molecule has 0 aliphatic carbocycles. The van der Waals surface area contributed by atoms with E-state index in [-0.39, 0.29) is 5.56 Å². The van der Waals surface area contributed by atoms with E-state index in [1.54, 1.807) is 29.2 Å². The van der Waals surface area contributed by atoms with E-state index < -0.39 is 0 Å². The van der Waals surface area contributed by atoms with Crippen molar-refractivity contribution in [3.05, 3.63) is 46.6 Å². The van der Waals surface area contributed by atoms with Crippen molar-refractivity contribution in [1.29, 1.82) is 0 Å². The van der Waals surface area contributed by atoms with E-state index >= 15 is 0 Å². The summed E-state index contributed by atoms with van der Waals surface area (Å²) in [5.74, 6) is 1.28. The topological polar surface area (TPSA) is 63.9 Å². The van der Waals surface area contributed by atoms with Crippen molar-refractivity contribution in [3.63, 3.8) is 0 Å².